The Balaban J connectivity index is 1.85. The van der Waals surface area contributed by atoms with Gasteiger partial charge < -0.3 is 9.47 Å². The first-order valence-corrected chi connectivity index (χ1v) is 8.78. The van der Waals surface area contributed by atoms with Crippen molar-refractivity contribution >= 4 is 29.6 Å². The molecule has 1 unspecified atom stereocenters. The molecule has 1 atom stereocenters. The Kier molecular flexibility index (Phi) is 4.93. The summed E-state index contributed by atoms with van der Waals surface area (Å²) in [6, 6.07) is 3.52. The number of hydrogen-bond donors (Lipinski definition) is 1. The van der Waals surface area contributed by atoms with Crippen LogP contribution in [-0.4, -0.2) is 52.7 Å². The Morgan fingerprint density at radius 1 is 1.21 bits per heavy atom. The quantitative estimate of drug-likeness (QED) is 0.585. The van der Waals surface area contributed by atoms with Crippen LogP contribution in [-0.2, 0) is 19.1 Å². The third-order valence-corrected chi connectivity index (χ3v) is 4.43. The second kappa shape index (κ2) is 7.06. The first-order valence-electron chi connectivity index (χ1n) is 8.78. The molecule has 4 amide bonds. The first-order chi connectivity index (χ1) is 13.1. The molecule has 2 heterocycles. The number of amides is 4. The number of nitrogens with one attached hydrogen (secondary N) is 1. The van der Waals surface area contributed by atoms with Crippen LogP contribution < -0.4 is 10.1 Å². The molecule has 0 aliphatic carbocycles. The largest absolute Gasteiger partial charge is 0.489 e. The molecule has 0 spiro atoms. The lowest BCUT2D eigenvalue weighted by Crippen LogP contribution is -2.54. The number of rotatable bonds is 5. The molecule has 1 fully saturated rings. The third-order valence-electron chi connectivity index (χ3n) is 4.43. The summed E-state index contributed by atoms with van der Waals surface area (Å²) in [5.41, 5.74) is -0.767. The maximum atomic E-state index is 12.9. The highest BCUT2D eigenvalue weighted by Gasteiger charge is 2.46. The fraction of sp³-hybridized carbons (Fsp3) is 0.421. The molecule has 148 valence electrons. The highest BCUT2D eigenvalue weighted by atomic mass is 16.6. The van der Waals surface area contributed by atoms with Crippen molar-refractivity contribution in [1.29, 1.82) is 0 Å². The summed E-state index contributed by atoms with van der Waals surface area (Å²) in [6.07, 6.45) is 0.121. The van der Waals surface area contributed by atoms with E-state index in [-0.39, 0.29) is 36.3 Å². The maximum absolute atomic E-state index is 12.9. The molecule has 2 aliphatic heterocycles. The van der Waals surface area contributed by atoms with Gasteiger partial charge in [0.05, 0.1) is 11.1 Å². The molecule has 1 saturated heterocycles. The standard InChI is InChI=1S/C19H20N2O7/c1-10(22)28-19(2,3)9-27-13-6-4-5-11-15(13)18(26)21(17(11)25)12-7-8-14(23)20-16(12)24/h4-6,12H,7-9H2,1-3H3,(H,20,23,24). The summed E-state index contributed by atoms with van der Waals surface area (Å²) in [5.74, 6) is -2.69. The molecule has 1 N–H and O–H groups in total. The van der Waals surface area contributed by atoms with Gasteiger partial charge in [0, 0.05) is 13.3 Å². The number of imide groups is 2. The van der Waals surface area contributed by atoms with E-state index in [9.17, 15) is 24.0 Å². The molecule has 9 heteroatoms. The Labute approximate surface area is 161 Å². The molecular formula is C19H20N2O7. The van der Waals surface area contributed by atoms with E-state index in [4.69, 9.17) is 9.47 Å². The zero-order chi connectivity index (χ0) is 20.6. The number of piperidine rings is 1. The van der Waals surface area contributed by atoms with Crippen LogP contribution in [0.1, 0.15) is 54.3 Å². The Morgan fingerprint density at radius 2 is 1.93 bits per heavy atom. The molecule has 0 saturated carbocycles. The van der Waals surface area contributed by atoms with Crippen LogP contribution >= 0.6 is 0 Å². The predicted molar refractivity (Wildman–Crippen MR) is 94.5 cm³/mol. The lowest BCUT2D eigenvalue weighted by atomic mass is 10.0. The van der Waals surface area contributed by atoms with E-state index < -0.39 is 41.2 Å². The molecule has 28 heavy (non-hydrogen) atoms. The molecule has 3 rings (SSSR count). The van der Waals surface area contributed by atoms with Crippen molar-refractivity contribution in [1.82, 2.24) is 10.2 Å². The number of nitrogens with zero attached hydrogens (tertiary/aromatic N) is 1. The zero-order valence-electron chi connectivity index (χ0n) is 15.7. The fourth-order valence-electron chi connectivity index (χ4n) is 3.27. The number of ether oxygens (including phenoxy) is 2. The fourth-order valence-corrected chi connectivity index (χ4v) is 3.27. The average Bonchev–Trinajstić information content (AvgIpc) is 2.84. The number of esters is 1. The minimum absolute atomic E-state index is 0.0388. The molecule has 0 radical (unpaired) electrons. The lowest BCUT2D eigenvalue weighted by molar-refractivity contribution is -0.156. The summed E-state index contributed by atoms with van der Waals surface area (Å²) in [4.78, 5) is 61.2. The van der Waals surface area contributed by atoms with Gasteiger partial charge in [-0.3, -0.25) is 34.2 Å². The molecule has 9 nitrogen and oxygen atoms in total. The first kappa shape index (κ1) is 19.5. The number of benzene rings is 1. The Bertz CT molecular complexity index is 890. The highest BCUT2D eigenvalue weighted by Crippen LogP contribution is 2.34. The van der Waals surface area contributed by atoms with Gasteiger partial charge in [0.15, 0.2) is 0 Å². The van der Waals surface area contributed by atoms with Gasteiger partial charge in [-0.25, -0.2) is 0 Å². The second-order valence-electron chi connectivity index (χ2n) is 7.27. The van der Waals surface area contributed by atoms with E-state index in [0.29, 0.717) is 0 Å². The van der Waals surface area contributed by atoms with Crippen LogP contribution in [0.15, 0.2) is 18.2 Å². The second-order valence-corrected chi connectivity index (χ2v) is 7.27. The third kappa shape index (κ3) is 3.60. The summed E-state index contributed by atoms with van der Waals surface area (Å²) in [5, 5.41) is 2.15. The van der Waals surface area contributed by atoms with E-state index in [1.807, 2.05) is 0 Å². The number of carbonyl (C=O) groups excluding carboxylic acids is 5. The van der Waals surface area contributed by atoms with Crippen molar-refractivity contribution in [3.05, 3.63) is 29.3 Å². The van der Waals surface area contributed by atoms with Crippen LogP contribution in [0.2, 0.25) is 0 Å². The van der Waals surface area contributed by atoms with Gasteiger partial charge in [0.25, 0.3) is 11.8 Å². The SMILES string of the molecule is CC(=O)OC(C)(C)COc1cccc2c1C(=O)N(C1CCC(=O)NC1=O)C2=O. The monoisotopic (exact) mass is 388 g/mol. The number of fused-ring (bicyclic) bond motifs is 1. The van der Waals surface area contributed by atoms with Gasteiger partial charge in [0.2, 0.25) is 11.8 Å². The number of hydrogen-bond acceptors (Lipinski definition) is 7. The smallest absolute Gasteiger partial charge is 0.303 e. The zero-order valence-corrected chi connectivity index (χ0v) is 15.7. The number of carbonyl (C=O) groups is 5. The molecule has 0 aromatic heterocycles. The van der Waals surface area contributed by atoms with Gasteiger partial charge in [-0.1, -0.05) is 6.07 Å². The van der Waals surface area contributed by atoms with Gasteiger partial charge in [-0.05, 0) is 32.4 Å². The summed E-state index contributed by atoms with van der Waals surface area (Å²) >= 11 is 0. The van der Waals surface area contributed by atoms with Crippen molar-refractivity contribution in [2.45, 2.75) is 45.3 Å². The highest BCUT2D eigenvalue weighted by molar-refractivity contribution is 6.24. The van der Waals surface area contributed by atoms with Crippen molar-refractivity contribution in [3.63, 3.8) is 0 Å². The van der Waals surface area contributed by atoms with Crippen LogP contribution in [0.4, 0.5) is 0 Å². The Morgan fingerprint density at radius 3 is 2.57 bits per heavy atom. The van der Waals surface area contributed by atoms with Crippen LogP contribution in [0.3, 0.4) is 0 Å². The minimum atomic E-state index is -1.05. The van der Waals surface area contributed by atoms with Crippen molar-refractivity contribution < 1.29 is 33.4 Å². The average molecular weight is 388 g/mol. The van der Waals surface area contributed by atoms with Crippen LogP contribution in [0, 0.1) is 0 Å². The normalized spacial score (nSPS) is 19.4. The predicted octanol–water partition coefficient (Wildman–Crippen LogP) is 0.808. The molecule has 2 aliphatic rings. The van der Waals surface area contributed by atoms with Crippen molar-refractivity contribution in [2.24, 2.45) is 0 Å². The van der Waals surface area contributed by atoms with Gasteiger partial charge in [0.1, 0.15) is 24.0 Å². The van der Waals surface area contributed by atoms with E-state index in [1.165, 1.54) is 19.1 Å². The van der Waals surface area contributed by atoms with Gasteiger partial charge in [-0.2, -0.15) is 0 Å². The molecule has 1 aromatic carbocycles. The summed E-state index contributed by atoms with van der Waals surface area (Å²) in [7, 11) is 0. The van der Waals surface area contributed by atoms with Crippen molar-refractivity contribution in [3.8, 4) is 5.75 Å². The molecule has 1 aromatic rings. The summed E-state index contributed by atoms with van der Waals surface area (Å²) in [6.45, 7) is 4.55. The van der Waals surface area contributed by atoms with E-state index >= 15 is 0 Å². The Hall–Kier alpha value is -3.23. The van der Waals surface area contributed by atoms with Gasteiger partial charge in [-0.15, -0.1) is 0 Å². The van der Waals surface area contributed by atoms with E-state index in [2.05, 4.69) is 5.32 Å². The van der Waals surface area contributed by atoms with Crippen molar-refractivity contribution in [2.75, 3.05) is 6.61 Å². The maximum Gasteiger partial charge on any atom is 0.303 e. The lowest BCUT2D eigenvalue weighted by Gasteiger charge is -2.28. The van der Waals surface area contributed by atoms with E-state index in [0.717, 1.165) is 4.90 Å². The molecular weight excluding hydrogens is 368 g/mol. The topological polar surface area (TPSA) is 119 Å². The summed E-state index contributed by atoms with van der Waals surface area (Å²) < 4.78 is 10.8. The van der Waals surface area contributed by atoms with E-state index in [1.54, 1.807) is 19.9 Å². The van der Waals surface area contributed by atoms with Crippen LogP contribution in [0.5, 0.6) is 5.75 Å². The molecule has 0 bridgehead atoms. The van der Waals surface area contributed by atoms with Gasteiger partial charge >= 0.3 is 5.97 Å². The van der Waals surface area contributed by atoms with Crippen LogP contribution in [0.25, 0.3) is 0 Å². The minimum Gasteiger partial charge on any atom is -0.489 e.